The van der Waals surface area contributed by atoms with E-state index in [1.54, 1.807) is 27.7 Å². The zero-order valence-corrected chi connectivity index (χ0v) is 13.9. The van der Waals surface area contributed by atoms with Gasteiger partial charge >= 0.3 is 12.1 Å². The molecule has 21 heavy (non-hydrogen) atoms. The number of hydrogen-bond acceptors (Lipinski definition) is 4. The minimum absolute atomic E-state index is 0.0487. The third-order valence-corrected chi connectivity index (χ3v) is 3.41. The number of carbonyl (C=O) groups is 2. The molecule has 1 heterocycles. The van der Waals surface area contributed by atoms with Crippen molar-refractivity contribution in [3.8, 4) is 0 Å². The lowest BCUT2D eigenvalue weighted by Gasteiger charge is -2.42. The number of likely N-dealkylation sites (tertiary alicyclic amines) is 1. The van der Waals surface area contributed by atoms with Gasteiger partial charge in [-0.25, -0.2) is 4.79 Å². The summed E-state index contributed by atoms with van der Waals surface area (Å²) < 4.78 is 5.37. The van der Waals surface area contributed by atoms with Crippen molar-refractivity contribution < 1.29 is 19.4 Å². The molecule has 0 saturated carbocycles. The van der Waals surface area contributed by atoms with Gasteiger partial charge in [-0.05, 0) is 34.1 Å². The summed E-state index contributed by atoms with van der Waals surface area (Å²) in [7, 11) is 0. The van der Waals surface area contributed by atoms with Gasteiger partial charge in [0.15, 0.2) is 0 Å². The number of carboxylic acids is 1. The highest BCUT2D eigenvalue weighted by atomic mass is 16.6. The summed E-state index contributed by atoms with van der Waals surface area (Å²) >= 11 is 0. The van der Waals surface area contributed by atoms with Crippen molar-refractivity contribution in [2.45, 2.75) is 65.6 Å². The molecule has 0 bridgehead atoms. The van der Waals surface area contributed by atoms with Crippen molar-refractivity contribution in [3.63, 3.8) is 0 Å². The molecule has 6 nitrogen and oxygen atoms in total. The van der Waals surface area contributed by atoms with Crippen LogP contribution in [0.2, 0.25) is 0 Å². The van der Waals surface area contributed by atoms with E-state index in [4.69, 9.17) is 4.74 Å². The van der Waals surface area contributed by atoms with Gasteiger partial charge in [0.05, 0.1) is 5.41 Å². The maximum Gasteiger partial charge on any atom is 0.410 e. The molecule has 0 spiro atoms. The molecule has 1 amide bonds. The van der Waals surface area contributed by atoms with E-state index >= 15 is 0 Å². The van der Waals surface area contributed by atoms with Gasteiger partial charge in [-0.15, -0.1) is 0 Å². The molecule has 0 aromatic carbocycles. The minimum Gasteiger partial charge on any atom is -0.481 e. The first-order valence-electron chi connectivity index (χ1n) is 7.40. The van der Waals surface area contributed by atoms with Crippen molar-refractivity contribution in [3.05, 3.63) is 0 Å². The summed E-state index contributed by atoms with van der Waals surface area (Å²) in [5, 5.41) is 12.8. The van der Waals surface area contributed by atoms with Crippen LogP contribution < -0.4 is 5.32 Å². The van der Waals surface area contributed by atoms with Crippen LogP contribution in [0, 0.1) is 5.41 Å². The second-order valence-electron chi connectivity index (χ2n) is 7.45. The Kier molecular flexibility index (Phi) is 5.25. The molecular weight excluding hydrogens is 272 g/mol. The smallest absolute Gasteiger partial charge is 0.410 e. The van der Waals surface area contributed by atoms with E-state index in [1.807, 2.05) is 13.8 Å². The Bertz CT molecular complexity index is 403. The highest BCUT2D eigenvalue weighted by Crippen LogP contribution is 2.31. The van der Waals surface area contributed by atoms with Crippen molar-refractivity contribution in [2.24, 2.45) is 5.41 Å². The van der Waals surface area contributed by atoms with Crippen molar-refractivity contribution in [2.75, 3.05) is 13.1 Å². The highest BCUT2D eigenvalue weighted by Gasteiger charge is 2.44. The van der Waals surface area contributed by atoms with Crippen LogP contribution in [0.5, 0.6) is 0 Å². The summed E-state index contributed by atoms with van der Waals surface area (Å²) in [6, 6.07) is 0.180. The van der Waals surface area contributed by atoms with E-state index in [1.165, 1.54) is 4.90 Å². The molecule has 0 radical (unpaired) electrons. The van der Waals surface area contributed by atoms with Gasteiger partial charge in [-0.2, -0.15) is 0 Å². The van der Waals surface area contributed by atoms with Gasteiger partial charge in [0.25, 0.3) is 0 Å². The quantitative estimate of drug-likeness (QED) is 0.834. The topological polar surface area (TPSA) is 78.9 Å². The van der Waals surface area contributed by atoms with E-state index in [-0.39, 0.29) is 18.6 Å². The molecule has 0 aromatic rings. The van der Waals surface area contributed by atoms with Crippen molar-refractivity contribution >= 4 is 12.1 Å². The Morgan fingerprint density at radius 3 is 2.38 bits per heavy atom. The zero-order chi connectivity index (χ0) is 16.4. The monoisotopic (exact) mass is 300 g/mol. The molecule has 1 rings (SSSR count). The van der Waals surface area contributed by atoms with Gasteiger partial charge in [0.1, 0.15) is 5.60 Å². The van der Waals surface area contributed by atoms with Crippen LogP contribution in [0.15, 0.2) is 0 Å². The molecule has 0 unspecified atom stereocenters. The van der Waals surface area contributed by atoms with E-state index in [9.17, 15) is 14.7 Å². The predicted octanol–water partition coefficient (Wildman–Crippen LogP) is 2.08. The van der Waals surface area contributed by atoms with Gasteiger partial charge in [0.2, 0.25) is 0 Å². The molecule has 1 aliphatic heterocycles. The van der Waals surface area contributed by atoms with Crippen LogP contribution in [0.25, 0.3) is 0 Å². The summed E-state index contributed by atoms with van der Waals surface area (Å²) in [6.07, 6.45) is 0.0463. The molecule has 1 saturated heterocycles. The molecule has 122 valence electrons. The van der Waals surface area contributed by atoms with Gasteiger partial charge in [-0.3, -0.25) is 4.79 Å². The Morgan fingerprint density at radius 1 is 1.38 bits per heavy atom. The lowest BCUT2D eigenvalue weighted by Crippen LogP contribution is -2.58. The number of amides is 1. The average molecular weight is 300 g/mol. The van der Waals surface area contributed by atoms with E-state index in [0.717, 1.165) is 0 Å². The molecule has 0 aromatic heterocycles. The Labute approximate surface area is 126 Å². The third kappa shape index (κ3) is 5.19. The molecule has 1 aliphatic rings. The zero-order valence-electron chi connectivity index (χ0n) is 13.9. The number of carboxylic acid groups (broad SMARTS) is 1. The number of carbonyl (C=O) groups excluding carboxylic acids is 1. The molecule has 2 atom stereocenters. The van der Waals surface area contributed by atoms with Crippen LogP contribution in [-0.4, -0.2) is 52.8 Å². The second kappa shape index (κ2) is 6.22. The molecule has 0 aliphatic carbocycles. The standard InChI is InChI=1S/C15H28N2O4/c1-10(2)16-11-7-15(6,12(18)19)9-17(8-11)13(20)21-14(3,4)5/h10-11,16H,7-9H2,1-6H3,(H,18,19)/t11-,15-/m1/s1. The van der Waals surface area contributed by atoms with E-state index in [0.29, 0.717) is 13.0 Å². The van der Waals surface area contributed by atoms with E-state index < -0.39 is 23.1 Å². The number of nitrogens with zero attached hydrogens (tertiary/aromatic N) is 1. The highest BCUT2D eigenvalue weighted by molar-refractivity contribution is 5.76. The number of aliphatic carboxylic acids is 1. The first kappa shape index (κ1) is 17.8. The summed E-state index contributed by atoms with van der Waals surface area (Å²) in [5.74, 6) is -0.883. The van der Waals surface area contributed by atoms with Gasteiger partial charge < -0.3 is 20.1 Å². The minimum atomic E-state index is -0.957. The first-order chi connectivity index (χ1) is 9.43. The summed E-state index contributed by atoms with van der Waals surface area (Å²) in [4.78, 5) is 25.3. The third-order valence-electron chi connectivity index (χ3n) is 3.41. The van der Waals surface area contributed by atoms with Crippen LogP contribution in [0.4, 0.5) is 4.79 Å². The Balaban J connectivity index is 2.88. The fraction of sp³-hybridized carbons (Fsp3) is 0.867. The number of ether oxygens (including phenoxy) is 1. The normalized spacial score (nSPS) is 26.8. The van der Waals surface area contributed by atoms with Crippen LogP contribution >= 0.6 is 0 Å². The van der Waals surface area contributed by atoms with Crippen molar-refractivity contribution in [1.82, 2.24) is 10.2 Å². The number of piperidine rings is 1. The second-order valence-corrected chi connectivity index (χ2v) is 7.45. The van der Waals surface area contributed by atoms with Crippen molar-refractivity contribution in [1.29, 1.82) is 0 Å². The molecule has 2 N–H and O–H groups in total. The van der Waals surface area contributed by atoms with Crippen LogP contribution in [0.3, 0.4) is 0 Å². The molecule has 1 fully saturated rings. The van der Waals surface area contributed by atoms with Crippen LogP contribution in [-0.2, 0) is 9.53 Å². The number of nitrogens with one attached hydrogen (secondary N) is 1. The Morgan fingerprint density at radius 2 is 1.95 bits per heavy atom. The Hall–Kier alpha value is -1.30. The maximum atomic E-state index is 12.2. The fourth-order valence-electron chi connectivity index (χ4n) is 2.63. The van der Waals surface area contributed by atoms with Gasteiger partial charge in [-0.1, -0.05) is 13.8 Å². The lowest BCUT2D eigenvalue weighted by atomic mass is 9.79. The number of hydrogen-bond donors (Lipinski definition) is 2. The molecular formula is C15H28N2O4. The van der Waals surface area contributed by atoms with E-state index in [2.05, 4.69) is 5.32 Å². The largest absolute Gasteiger partial charge is 0.481 e. The maximum absolute atomic E-state index is 12.2. The first-order valence-corrected chi connectivity index (χ1v) is 7.40. The lowest BCUT2D eigenvalue weighted by molar-refractivity contribution is -0.151. The number of rotatable bonds is 3. The fourth-order valence-corrected chi connectivity index (χ4v) is 2.63. The average Bonchev–Trinajstić information content (AvgIpc) is 2.24. The van der Waals surface area contributed by atoms with Crippen LogP contribution in [0.1, 0.15) is 48.0 Å². The molecule has 6 heteroatoms. The summed E-state index contributed by atoms with van der Waals surface area (Å²) in [5.41, 5.74) is -1.54. The predicted molar refractivity (Wildman–Crippen MR) is 80.2 cm³/mol. The van der Waals surface area contributed by atoms with Gasteiger partial charge in [0, 0.05) is 25.2 Å². The SMILES string of the molecule is CC(C)N[C@H]1CN(C(=O)OC(C)(C)C)C[C@](C)(C(=O)O)C1. The summed E-state index contributed by atoms with van der Waals surface area (Å²) in [6.45, 7) is 11.7.